The van der Waals surface area contributed by atoms with Crippen LogP contribution in [-0.4, -0.2) is 43.8 Å². The van der Waals surface area contributed by atoms with E-state index in [1.807, 2.05) is 0 Å². The number of nitrogens with zero attached hydrogens (tertiary/aromatic N) is 1. The van der Waals surface area contributed by atoms with Gasteiger partial charge in [0.25, 0.3) is 0 Å². The van der Waals surface area contributed by atoms with Gasteiger partial charge in [-0.15, -0.1) is 0 Å². The van der Waals surface area contributed by atoms with Crippen LogP contribution in [-0.2, 0) is 4.74 Å². The number of nitrogens with one attached hydrogen (secondary N) is 1. The Labute approximate surface area is 123 Å². The van der Waals surface area contributed by atoms with Crippen LogP contribution in [0.25, 0.3) is 0 Å². The Balaban J connectivity index is 1.90. The van der Waals surface area contributed by atoms with Crippen molar-refractivity contribution in [2.75, 3.05) is 26.8 Å². The van der Waals surface area contributed by atoms with Crippen molar-refractivity contribution in [2.45, 2.75) is 44.8 Å². The molecule has 1 aliphatic rings. The molecule has 0 aromatic heterocycles. The van der Waals surface area contributed by atoms with E-state index in [0.29, 0.717) is 18.1 Å². The molecule has 1 atom stereocenters. The van der Waals surface area contributed by atoms with Crippen LogP contribution >= 0.6 is 0 Å². The van der Waals surface area contributed by atoms with Crippen LogP contribution in [0.2, 0.25) is 0 Å². The van der Waals surface area contributed by atoms with Gasteiger partial charge < -0.3 is 15.0 Å². The molecule has 0 amide bonds. The van der Waals surface area contributed by atoms with Gasteiger partial charge in [0, 0.05) is 19.2 Å². The number of benzene rings is 1. The predicted molar refractivity (Wildman–Crippen MR) is 83.9 cm³/mol. The van der Waals surface area contributed by atoms with E-state index in [1.54, 1.807) is 7.11 Å². The minimum Gasteiger partial charge on any atom is -0.383 e. The summed E-state index contributed by atoms with van der Waals surface area (Å²) >= 11 is 0. The number of rotatable bonds is 6. The van der Waals surface area contributed by atoms with E-state index in [9.17, 15) is 0 Å². The lowest BCUT2D eigenvalue weighted by atomic mass is 10.0. The SMILES string of the molecule is COCC(NC1CCN(C(C)C)CC1)c1ccccc1. The van der Waals surface area contributed by atoms with E-state index in [-0.39, 0.29) is 0 Å². The largest absolute Gasteiger partial charge is 0.383 e. The summed E-state index contributed by atoms with van der Waals surface area (Å²) in [4.78, 5) is 2.56. The Morgan fingerprint density at radius 3 is 2.40 bits per heavy atom. The number of ether oxygens (including phenoxy) is 1. The Morgan fingerprint density at radius 2 is 1.85 bits per heavy atom. The average Bonchev–Trinajstić information content (AvgIpc) is 2.48. The van der Waals surface area contributed by atoms with E-state index < -0.39 is 0 Å². The molecular weight excluding hydrogens is 248 g/mol. The topological polar surface area (TPSA) is 24.5 Å². The summed E-state index contributed by atoms with van der Waals surface area (Å²) in [5.74, 6) is 0. The van der Waals surface area contributed by atoms with Crippen molar-refractivity contribution in [3.8, 4) is 0 Å². The number of piperidine rings is 1. The molecule has 0 aliphatic carbocycles. The fourth-order valence-electron chi connectivity index (χ4n) is 2.96. The third-order valence-corrected chi connectivity index (χ3v) is 4.23. The molecule has 3 heteroatoms. The molecule has 2 rings (SSSR count). The van der Waals surface area contributed by atoms with E-state index in [0.717, 1.165) is 6.61 Å². The second kappa shape index (κ2) is 7.77. The molecule has 1 aromatic rings. The highest BCUT2D eigenvalue weighted by molar-refractivity contribution is 5.19. The van der Waals surface area contributed by atoms with Crippen molar-refractivity contribution in [1.82, 2.24) is 10.2 Å². The van der Waals surface area contributed by atoms with Gasteiger partial charge in [0.2, 0.25) is 0 Å². The minimum atomic E-state index is 0.303. The van der Waals surface area contributed by atoms with Crippen molar-refractivity contribution >= 4 is 0 Å². The monoisotopic (exact) mass is 276 g/mol. The van der Waals surface area contributed by atoms with E-state index >= 15 is 0 Å². The van der Waals surface area contributed by atoms with Gasteiger partial charge in [0.15, 0.2) is 0 Å². The van der Waals surface area contributed by atoms with Crippen LogP contribution in [0.4, 0.5) is 0 Å². The predicted octanol–water partition coefficient (Wildman–Crippen LogP) is 2.84. The van der Waals surface area contributed by atoms with Crippen LogP contribution in [0, 0.1) is 0 Å². The average molecular weight is 276 g/mol. The van der Waals surface area contributed by atoms with Crippen molar-refractivity contribution in [3.63, 3.8) is 0 Å². The number of hydrogen-bond donors (Lipinski definition) is 1. The summed E-state index contributed by atoms with van der Waals surface area (Å²) in [5.41, 5.74) is 1.32. The lowest BCUT2D eigenvalue weighted by Crippen LogP contribution is -2.46. The van der Waals surface area contributed by atoms with Crippen molar-refractivity contribution in [3.05, 3.63) is 35.9 Å². The second-order valence-electron chi connectivity index (χ2n) is 5.99. The lowest BCUT2D eigenvalue weighted by Gasteiger charge is -2.36. The van der Waals surface area contributed by atoms with Crippen LogP contribution in [0.15, 0.2) is 30.3 Å². The molecule has 1 aromatic carbocycles. The van der Waals surface area contributed by atoms with E-state index in [2.05, 4.69) is 54.4 Å². The van der Waals surface area contributed by atoms with Crippen molar-refractivity contribution in [1.29, 1.82) is 0 Å². The molecule has 0 spiro atoms. The van der Waals surface area contributed by atoms with Crippen LogP contribution < -0.4 is 5.32 Å². The van der Waals surface area contributed by atoms with Gasteiger partial charge in [-0.25, -0.2) is 0 Å². The zero-order chi connectivity index (χ0) is 14.4. The van der Waals surface area contributed by atoms with Gasteiger partial charge in [-0.2, -0.15) is 0 Å². The van der Waals surface area contributed by atoms with Gasteiger partial charge in [0.1, 0.15) is 0 Å². The quantitative estimate of drug-likeness (QED) is 0.864. The fraction of sp³-hybridized carbons (Fsp3) is 0.647. The summed E-state index contributed by atoms with van der Waals surface area (Å²) in [7, 11) is 1.78. The van der Waals surface area contributed by atoms with Crippen molar-refractivity contribution in [2.24, 2.45) is 0 Å². The summed E-state index contributed by atoms with van der Waals surface area (Å²) in [6.07, 6.45) is 2.45. The lowest BCUT2D eigenvalue weighted by molar-refractivity contribution is 0.130. The first-order valence-corrected chi connectivity index (χ1v) is 7.74. The minimum absolute atomic E-state index is 0.303. The molecule has 1 saturated heterocycles. The molecular formula is C17H28N2O. The maximum absolute atomic E-state index is 5.39. The highest BCUT2D eigenvalue weighted by Gasteiger charge is 2.23. The molecule has 1 fully saturated rings. The van der Waals surface area contributed by atoms with Crippen LogP contribution in [0.1, 0.15) is 38.3 Å². The Hall–Kier alpha value is -0.900. The van der Waals surface area contributed by atoms with Gasteiger partial charge in [-0.1, -0.05) is 30.3 Å². The second-order valence-corrected chi connectivity index (χ2v) is 5.99. The van der Waals surface area contributed by atoms with Crippen LogP contribution in [0.5, 0.6) is 0 Å². The third-order valence-electron chi connectivity index (χ3n) is 4.23. The molecule has 3 nitrogen and oxygen atoms in total. The molecule has 1 aliphatic heterocycles. The first kappa shape index (κ1) is 15.5. The summed E-state index contributed by atoms with van der Waals surface area (Å²) in [5, 5.41) is 3.78. The zero-order valence-corrected chi connectivity index (χ0v) is 13.0. The third kappa shape index (κ3) is 4.30. The molecule has 0 bridgehead atoms. The molecule has 1 unspecified atom stereocenters. The summed E-state index contributed by atoms with van der Waals surface area (Å²) in [6.45, 7) is 7.69. The first-order chi connectivity index (χ1) is 9.70. The standard InChI is InChI=1S/C17H28N2O/c1-14(2)19-11-9-16(10-12-19)18-17(13-20-3)15-7-5-4-6-8-15/h4-8,14,16-18H,9-13H2,1-3H3. The normalized spacial score (nSPS) is 19.4. The number of likely N-dealkylation sites (tertiary alicyclic amines) is 1. The van der Waals surface area contributed by atoms with Crippen LogP contribution in [0.3, 0.4) is 0 Å². The van der Waals surface area contributed by atoms with Gasteiger partial charge in [-0.05, 0) is 45.3 Å². The molecule has 0 saturated carbocycles. The Kier molecular flexibility index (Phi) is 6.02. The smallest absolute Gasteiger partial charge is 0.0657 e. The molecule has 20 heavy (non-hydrogen) atoms. The number of hydrogen-bond acceptors (Lipinski definition) is 3. The first-order valence-electron chi connectivity index (χ1n) is 7.74. The Morgan fingerprint density at radius 1 is 1.20 bits per heavy atom. The highest BCUT2D eigenvalue weighted by atomic mass is 16.5. The fourth-order valence-corrected chi connectivity index (χ4v) is 2.96. The molecule has 1 heterocycles. The summed E-state index contributed by atoms with van der Waals surface area (Å²) in [6, 6.07) is 12.2. The zero-order valence-electron chi connectivity index (χ0n) is 13.0. The molecule has 1 N–H and O–H groups in total. The van der Waals surface area contributed by atoms with Gasteiger partial charge in [0.05, 0.1) is 12.6 Å². The van der Waals surface area contributed by atoms with E-state index in [1.165, 1.54) is 31.5 Å². The Bertz CT molecular complexity index is 372. The van der Waals surface area contributed by atoms with Gasteiger partial charge in [-0.3, -0.25) is 0 Å². The summed E-state index contributed by atoms with van der Waals surface area (Å²) < 4.78 is 5.39. The molecule has 112 valence electrons. The van der Waals surface area contributed by atoms with Crippen molar-refractivity contribution < 1.29 is 4.74 Å². The highest BCUT2D eigenvalue weighted by Crippen LogP contribution is 2.19. The maximum Gasteiger partial charge on any atom is 0.0657 e. The molecule has 0 radical (unpaired) electrons. The number of methoxy groups -OCH3 is 1. The van der Waals surface area contributed by atoms with E-state index in [4.69, 9.17) is 4.74 Å². The van der Waals surface area contributed by atoms with Gasteiger partial charge >= 0.3 is 0 Å². The maximum atomic E-state index is 5.39.